The van der Waals surface area contributed by atoms with Gasteiger partial charge in [-0.25, -0.2) is 9.59 Å². The van der Waals surface area contributed by atoms with Gasteiger partial charge in [-0.05, 0) is 56.7 Å². The number of benzene rings is 2. The summed E-state index contributed by atoms with van der Waals surface area (Å²) in [4.78, 5) is 23.1. The molecule has 1 saturated heterocycles. The predicted molar refractivity (Wildman–Crippen MR) is 117 cm³/mol. The molecule has 0 radical (unpaired) electrons. The Morgan fingerprint density at radius 2 is 1.67 bits per heavy atom. The van der Waals surface area contributed by atoms with Gasteiger partial charge >= 0.3 is 11.9 Å². The summed E-state index contributed by atoms with van der Waals surface area (Å²) >= 11 is 3.48. The number of carbonyl (C=O) groups is 2. The van der Waals surface area contributed by atoms with E-state index in [9.17, 15) is 5.11 Å². The molecule has 7 nitrogen and oxygen atoms in total. The van der Waals surface area contributed by atoms with Gasteiger partial charge in [0, 0.05) is 29.2 Å². The second-order valence-electron chi connectivity index (χ2n) is 7.29. The van der Waals surface area contributed by atoms with Crippen molar-refractivity contribution < 1.29 is 24.9 Å². The Morgan fingerprint density at radius 3 is 2.23 bits per heavy atom. The summed E-state index contributed by atoms with van der Waals surface area (Å²) in [5.74, 6) is -3.26. The second-order valence-corrected chi connectivity index (χ2v) is 8.21. The molecule has 0 spiro atoms. The summed E-state index contributed by atoms with van der Waals surface area (Å²) in [5, 5.41) is 24.8. The first kappa shape index (κ1) is 23.9. The van der Waals surface area contributed by atoms with Crippen molar-refractivity contribution in [2.24, 2.45) is 0 Å². The minimum absolute atomic E-state index is 0.390. The quantitative estimate of drug-likeness (QED) is 0.565. The Kier molecular flexibility index (Phi) is 9.29. The van der Waals surface area contributed by atoms with E-state index in [-0.39, 0.29) is 0 Å². The zero-order valence-corrected chi connectivity index (χ0v) is 18.5. The number of hydrogen-bond donors (Lipinski definition) is 3. The first-order chi connectivity index (χ1) is 14.3. The van der Waals surface area contributed by atoms with E-state index in [1.54, 1.807) is 6.07 Å². The van der Waals surface area contributed by atoms with Crippen molar-refractivity contribution in [1.29, 1.82) is 0 Å². The van der Waals surface area contributed by atoms with Gasteiger partial charge in [-0.1, -0.05) is 46.3 Å². The molecule has 30 heavy (non-hydrogen) atoms. The molecule has 0 bridgehead atoms. The number of carboxylic acid groups (broad SMARTS) is 2. The van der Waals surface area contributed by atoms with E-state index >= 15 is 0 Å². The summed E-state index contributed by atoms with van der Waals surface area (Å²) in [5.41, 5.74) is 2.38. The molecule has 1 aliphatic rings. The van der Waals surface area contributed by atoms with Crippen molar-refractivity contribution in [2.45, 2.75) is 32.0 Å². The fraction of sp³-hybridized carbons (Fsp3) is 0.364. The molecule has 0 amide bonds. The zero-order valence-electron chi connectivity index (χ0n) is 16.9. The van der Waals surface area contributed by atoms with E-state index in [0.29, 0.717) is 11.8 Å². The van der Waals surface area contributed by atoms with E-state index < -0.39 is 11.9 Å². The maximum Gasteiger partial charge on any atom is 0.414 e. The highest BCUT2D eigenvalue weighted by atomic mass is 79.9. The lowest BCUT2D eigenvalue weighted by atomic mass is 10.0. The zero-order chi connectivity index (χ0) is 22.1. The van der Waals surface area contributed by atoms with Crippen LogP contribution in [0.15, 0.2) is 53.0 Å². The highest BCUT2D eigenvalue weighted by Gasteiger charge is 2.23. The SMILES string of the molecule is CN(Cc1ccccc1)C1CCN(Cc2cc(Br)ccc2O)CC1.O=C(O)C(=O)O. The van der Waals surface area contributed by atoms with E-state index in [1.807, 2.05) is 12.1 Å². The predicted octanol–water partition coefficient (Wildman–Crippen LogP) is 3.41. The smallest absolute Gasteiger partial charge is 0.414 e. The molecule has 162 valence electrons. The van der Waals surface area contributed by atoms with E-state index in [2.05, 4.69) is 63.1 Å². The number of piperidine rings is 1. The van der Waals surface area contributed by atoms with Crippen molar-refractivity contribution >= 4 is 27.9 Å². The van der Waals surface area contributed by atoms with Gasteiger partial charge in [0.05, 0.1) is 0 Å². The third-order valence-electron chi connectivity index (χ3n) is 5.07. The van der Waals surface area contributed by atoms with Crippen LogP contribution in [0.1, 0.15) is 24.0 Å². The van der Waals surface area contributed by atoms with Crippen LogP contribution >= 0.6 is 15.9 Å². The normalized spacial score (nSPS) is 14.8. The average Bonchev–Trinajstić information content (AvgIpc) is 2.72. The molecular formula is C22H27BrN2O5. The molecule has 0 saturated carbocycles. The summed E-state index contributed by atoms with van der Waals surface area (Å²) < 4.78 is 1.02. The van der Waals surface area contributed by atoms with Crippen LogP contribution in [0.2, 0.25) is 0 Å². The van der Waals surface area contributed by atoms with Gasteiger partial charge < -0.3 is 15.3 Å². The van der Waals surface area contributed by atoms with Crippen LogP contribution in [-0.2, 0) is 22.7 Å². The molecule has 3 N–H and O–H groups in total. The van der Waals surface area contributed by atoms with Crippen molar-refractivity contribution in [1.82, 2.24) is 9.80 Å². The van der Waals surface area contributed by atoms with Gasteiger partial charge in [-0.3, -0.25) is 9.80 Å². The minimum Gasteiger partial charge on any atom is -0.508 e. The number of nitrogens with zero attached hydrogens (tertiary/aromatic N) is 2. The van der Waals surface area contributed by atoms with Crippen LogP contribution in [0.4, 0.5) is 0 Å². The Bertz CT molecular complexity index is 827. The number of phenols is 1. The Labute approximate surface area is 184 Å². The van der Waals surface area contributed by atoms with Crippen molar-refractivity contribution in [2.75, 3.05) is 20.1 Å². The fourth-order valence-electron chi connectivity index (χ4n) is 3.44. The average molecular weight is 479 g/mol. The molecule has 0 unspecified atom stereocenters. The van der Waals surface area contributed by atoms with Crippen LogP contribution in [0.3, 0.4) is 0 Å². The lowest BCUT2D eigenvalue weighted by Crippen LogP contribution is -2.42. The van der Waals surface area contributed by atoms with Crippen LogP contribution in [0.5, 0.6) is 5.75 Å². The summed E-state index contributed by atoms with van der Waals surface area (Å²) in [7, 11) is 2.23. The lowest BCUT2D eigenvalue weighted by molar-refractivity contribution is -0.159. The van der Waals surface area contributed by atoms with Gasteiger partial charge in [0.2, 0.25) is 0 Å². The molecule has 1 fully saturated rings. The highest BCUT2D eigenvalue weighted by Crippen LogP contribution is 2.25. The Balaban J connectivity index is 0.000000469. The van der Waals surface area contributed by atoms with Gasteiger partial charge in [-0.2, -0.15) is 0 Å². The molecule has 0 aliphatic carbocycles. The van der Waals surface area contributed by atoms with Crippen molar-refractivity contribution in [3.05, 3.63) is 64.1 Å². The number of aliphatic carboxylic acids is 2. The third-order valence-corrected chi connectivity index (χ3v) is 5.57. The van der Waals surface area contributed by atoms with E-state index in [4.69, 9.17) is 19.8 Å². The van der Waals surface area contributed by atoms with Gasteiger partial charge in [-0.15, -0.1) is 0 Å². The number of hydrogen-bond acceptors (Lipinski definition) is 5. The monoisotopic (exact) mass is 478 g/mol. The second kappa shape index (κ2) is 11.7. The van der Waals surface area contributed by atoms with Crippen molar-refractivity contribution in [3.8, 4) is 5.75 Å². The highest BCUT2D eigenvalue weighted by molar-refractivity contribution is 9.10. The topological polar surface area (TPSA) is 101 Å². The third kappa shape index (κ3) is 7.78. The molecule has 3 rings (SSSR count). The van der Waals surface area contributed by atoms with Crippen molar-refractivity contribution in [3.63, 3.8) is 0 Å². The minimum atomic E-state index is -1.82. The largest absolute Gasteiger partial charge is 0.508 e. The molecular weight excluding hydrogens is 452 g/mol. The summed E-state index contributed by atoms with van der Waals surface area (Å²) in [6.07, 6.45) is 2.36. The fourth-order valence-corrected chi connectivity index (χ4v) is 3.85. The summed E-state index contributed by atoms with van der Waals surface area (Å²) in [6, 6.07) is 17.0. The van der Waals surface area contributed by atoms with E-state index in [0.717, 1.165) is 36.2 Å². The van der Waals surface area contributed by atoms with Crippen LogP contribution < -0.4 is 0 Å². The maximum atomic E-state index is 10.0. The molecule has 2 aromatic carbocycles. The molecule has 0 aromatic heterocycles. The van der Waals surface area contributed by atoms with Crippen LogP contribution in [-0.4, -0.2) is 63.2 Å². The first-order valence-electron chi connectivity index (χ1n) is 9.66. The van der Waals surface area contributed by atoms with Gasteiger partial charge in [0.15, 0.2) is 0 Å². The number of rotatable bonds is 5. The molecule has 8 heteroatoms. The maximum absolute atomic E-state index is 10.0. The first-order valence-corrected chi connectivity index (χ1v) is 10.5. The summed E-state index contributed by atoms with van der Waals surface area (Å²) in [6.45, 7) is 3.99. The standard InChI is InChI=1S/C20H25BrN2O.C2H2O4/c1-22(14-16-5-3-2-4-6-16)19-9-11-23(12-10-19)15-17-13-18(21)7-8-20(17)24;3-1(4)2(5)6/h2-8,13,19,24H,9-12,14-15H2,1H3;(H,3,4)(H,5,6). The Morgan fingerprint density at radius 1 is 1.07 bits per heavy atom. The lowest BCUT2D eigenvalue weighted by Gasteiger charge is -2.37. The molecule has 2 aromatic rings. The number of aromatic hydroxyl groups is 1. The van der Waals surface area contributed by atoms with Gasteiger partial charge in [0.1, 0.15) is 5.75 Å². The number of carboxylic acids is 2. The molecule has 1 aliphatic heterocycles. The number of phenolic OH excluding ortho intramolecular Hbond substituents is 1. The number of halogens is 1. The van der Waals surface area contributed by atoms with Crippen LogP contribution in [0.25, 0.3) is 0 Å². The van der Waals surface area contributed by atoms with Gasteiger partial charge in [0.25, 0.3) is 0 Å². The number of likely N-dealkylation sites (tertiary alicyclic amines) is 1. The molecule has 1 heterocycles. The van der Waals surface area contributed by atoms with E-state index in [1.165, 1.54) is 18.4 Å². The Hall–Kier alpha value is -2.42. The molecule has 0 atom stereocenters. The van der Waals surface area contributed by atoms with Crippen LogP contribution in [0, 0.1) is 0 Å².